The van der Waals surface area contributed by atoms with Crippen LogP contribution in [0.25, 0.3) is 0 Å². The molecule has 0 bridgehead atoms. The van der Waals surface area contributed by atoms with Crippen LogP contribution in [-0.2, 0) is 10.2 Å². The highest BCUT2D eigenvalue weighted by Crippen LogP contribution is 2.15. The molecule has 1 atom stereocenters. The quantitative estimate of drug-likeness (QED) is 0.780. The third-order valence-electron chi connectivity index (χ3n) is 2.13. The van der Waals surface area contributed by atoms with Crippen LogP contribution in [0.15, 0.2) is 24.3 Å². The van der Waals surface area contributed by atoms with Crippen LogP contribution >= 0.6 is 0 Å². The van der Waals surface area contributed by atoms with Crippen molar-refractivity contribution < 1.29 is 8.42 Å². The fourth-order valence-corrected chi connectivity index (χ4v) is 2.74. The van der Waals surface area contributed by atoms with Crippen LogP contribution < -0.4 is 15.2 Å². The SMILES string of the molecule is CC(N)c1ccc(NS(=O)(=O)NC(C)(C)C)cc1. The Balaban J connectivity index is 2.79. The van der Waals surface area contributed by atoms with Crippen LogP contribution in [0.5, 0.6) is 0 Å². The second-order valence-corrected chi connectivity index (χ2v) is 6.78. The Morgan fingerprint density at radius 2 is 1.67 bits per heavy atom. The topological polar surface area (TPSA) is 84.2 Å². The molecular formula is C12H21N3O2S. The van der Waals surface area contributed by atoms with Gasteiger partial charge in [-0.3, -0.25) is 4.72 Å². The molecule has 0 aliphatic heterocycles. The van der Waals surface area contributed by atoms with E-state index in [0.29, 0.717) is 5.69 Å². The molecular weight excluding hydrogens is 250 g/mol. The van der Waals surface area contributed by atoms with Crippen molar-refractivity contribution >= 4 is 15.9 Å². The van der Waals surface area contributed by atoms with Gasteiger partial charge in [0.05, 0.1) is 0 Å². The van der Waals surface area contributed by atoms with Gasteiger partial charge in [0.15, 0.2) is 0 Å². The van der Waals surface area contributed by atoms with Gasteiger partial charge in [0.2, 0.25) is 0 Å². The van der Waals surface area contributed by atoms with Gasteiger partial charge in [-0.05, 0) is 45.4 Å². The maximum atomic E-state index is 11.8. The maximum absolute atomic E-state index is 11.8. The number of benzene rings is 1. The predicted octanol–water partition coefficient (Wildman–Crippen LogP) is 1.75. The van der Waals surface area contributed by atoms with E-state index in [4.69, 9.17) is 5.73 Å². The van der Waals surface area contributed by atoms with E-state index in [1.807, 2.05) is 6.92 Å². The monoisotopic (exact) mass is 271 g/mol. The molecule has 1 aromatic carbocycles. The molecule has 0 spiro atoms. The Kier molecular flexibility index (Phi) is 4.37. The zero-order chi connectivity index (χ0) is 14.0. The molecule has 0 radical (unpaired) electrons. The molecule has 1 rings (SSSR count). The largest absolute Gasteiger partial charge is 0.324 e. The lowest BCUT2D eigenvalue weighted by Gasteiger charge is -2.21. The van der Waals surface area contributed by atoms with Gasteiger partial charge in [0, 0.05) is 17.3 Å². The highest BCUT2D eigenvalue weighted by molar-refractivity contribution is 7.90. The highest BCUT2D eigenvalue weighted by atomic mass is 32.2. The predicted molar refractivity (Wildman–Crippen MR) is 74.5 cm³/mol. The summed E-state index contributed by atoms with van der Waals surface area (Å²) >= 11 is 0. The van der Waals surface area contributed by atoms with Crippen molar-refractivity contribution in [2.24, 2.45) is 5.73 Å². The summed E-state index contributed by atoms with van der Waals surface area (Å²) in [5.41, 5.74) is 6.68. The van der Waals surface area contributed by atoms with E-state index < -0.39 is 15.7 Å². The maximum Gasteiger partial charge on any atom is 0.299 e. The molecule has 1 aromatic rings. The highest BCUT2D eigenvalue weighted by Gasteiger charge is 2.19. The molecule has 18 heavy (non-hydrogen) atoms. The Morgan fingerprint density at radius 3 is 2.06 bits per heavy atom. The summed E-state index contributed by atoms with van der Waals surface area (Å²) in [4.78, 5) is 0. The smallest absolute Gasteiger partial charge is 0.299 e. The minimum Gasteiger partial charge on any atom is -0.324 e. The van der Waals surface area contributed by atoms with Gasteiger partial charge in [0.25, 0.3) is 10.2 Å². The van der Waals surface area contributed by atoms with Crippen molar-refractivity contribution in [1.29, 1.82) is 0 Å². The number of nitrogens with two attached hydrogens (primary N) is 1. The van der Waals surface area contributed by atoms with Crippen molar-refractivity contribution in [2.45, 2.75) is 39.3 Å². The molecule has 4 N–H and O–H groups in total. The minimum atomic E-state index is -3.56. The summed E-state index contributed by atoms with van der Waals surface area (Å²) in [5.74, 6) is 0. The number of hydrogen-bond acceptors (Lipinski definition) is 3. The van der Waals surface area contributed by atoms with Gasteiger partial charge in [-0.2, -0.15) is 13.1 Å². The molecule has 0 fully saturated rings. The lowest BCUT2D eigenvalue weighted by molar-refractivity contribution is 0.494. The van der Waals surface area contributed by atoms with E-state index in [1.165, 1.54) is 0 Å². The lowest BCUT2D eigenvalue weighted by atomic mass is 10.1. The first-order valence-electron chi connectivity index (χ1n) is 5.76. The van der Waals surface area contributed by atoms with Crippen LogP contribution in [-0.4, -0.2) is 14.0 Å². The molecule has 0 aromatic heterocycles. The van der Waals surface area contributed by atoms with Crippen LogP contribution in [0, 0.1) is 0 Å². The zero-order valence-corrected chi connectivity index (χ0v) is 12.0. The van der Waals surface area contributed by atoms with Crippen LogP contribution in [0.1, 0.15) is 39.3 Å². The second-order valence-electron chi connectivity index (χ2n) is 5.37. The average Bonchev–Trinajstić information content (AvgIpc) is 2.13. The number of nitrogens with one attached hydrogen (secondary N) is 2. The van der Waals surface area contributed by atoms with Crippen LogP contribution in [0.4, 0.5) is 5.69 Å². The lowest BCUT2D eigenvalue weighted by Crippen LogP contribution is -2.43. The van der Waals surface area contributed by atoms with E-state index in [-0.39, 0.29) is 6.04 Å². The van der Waals surface area contributed by atoms with Crippen molar-refractivity contribution in [1.82, 2.24) is 4.72 Å². The number of rotatable bonds is 4. The Bertz CT molecular complexity index is 487. The van der Waals surface area contributed by atoms with Gasteiger partial charge in [-0.15, -0.1) is 0 Å². The van der Waals surface area contributed by atoms with E-state index in [0.717, 1.165) is 5.56 Å². The Hall–Kier alpha value is -1.11. The summed E-state index contributed by atoms with van der Waals surface area (Å²) < 4.78 is 28.6. The molecule has 102 valence electrons. The zero-order valence-electron chi connectivity index (χ0n) is 11.2. The fourth-order valence-electron chi connectivity index (χ4n) is 1.44. The van der Waals surface area contributed by atoms with Crippen molar-refractivity contribution in [3.63, 3.8) is 0 Å². The summed E-state index contributed by atoms with van der Waals surface area (Å²) in [7, 11) is -3.56. The molecule has 0 amide bonds. The first-order valence-corrected chi connectivity index (χ1v) is 7.25. The second kappa shape index (κ2) is 5.26. The van der Waals surface area contributed by atoms with Gasteiger partial charge in [-0.25, -0.2) is 0 Å². The molecule has 1 unspecified atom stereocenters. The summed E-state index contributed by atoms with van der Waals surface area (Å²) in [6.07, 6.45) is 0. The van der Waals surface area contributed by atoms with E-state index in [9.17, 15) is 8.42 Å². The third-order valence-corrected chi connectivity index (χ3v) is 3.51. The summed E-state index contributed by atoms with van der Waals surface area (Å²) in [6, 6.07) is 6.93. The molecule has 0 aliphatic carbocycles. The first-order chi connectivity index (χ1) is 8.09. The standard InChI is InChI=1S/C12H21N3O2S/c1-9(13)10-5-7-11(8-6-10)14-18(16,17)15-12(2,3)4/h5-9,14-15H,13H2,1-4H3. The molecule has 6 heteroatoms. The van der Waals surface area contributed by atoms with Crippen molar-refractivity contribution in [3.8, 4) is 0 Å². The van der Waals surface area contributed by atoms with Gasteiger partial charge in [0.1, 0.15) is 0 Å². The van der Waals surface area contributed by atoms with E-state index in [2.05, 4.69) is 9.44 Å². The number of hydrogen-bond donors (Lipinski definition) is 3. The minimum absolute atomic E-state index is 0.0663. The molecule has 5 nitrogen and oxygen atoms in total. The molecule has 0 saturated carbocycles. The van der Waals surface area contributed by atoms with E-state index >= 15 is 0 Å². The molecule has 0 aliphatic rings. The van der Waals surface area contributed by atoms with E-state index in [1.54, 1.807) is 45.0 Å². The van der Waals surface area contributed by atoms with Gasteiger partial charge in [-0.1, -0.05) is 12.1 Å². The van der Waals surface area contributed by atoms with Crippen LogP contribution in [0.3, 0.4) is 0 Å². The first kappa shape index (κ1) is 14.9. The fraction of sp³-hybridized carbons (Fsp3) is 0.500. The summed E-state index contributed by atoms with van der Waals surface area (Å²) in [6.45, 7) is 7.22. The van der Waals surface area contributed by atoms with Gasteiger partial charge < -0.3 is 5.73 Å². The van der Waals surface area contributed by atoms with Crippen molar-refractivity contribution in [3.05, 3.63) is 29.8 Å². The Morgan fingerprint density at radius 1 is 1.17 bits per heavy atom. The number of anilines is 1. The average molecular weight is 271 g/mol. The molecule has 0 saturated heterocycles. The normalized spacial score (nSPS) is 14.3. The molecule has 0 heterocycles. The Labute approximate surface area is 109 Å². The third kappa shape index (κ3) is 5.03. The van der Waals surface area contributed by atoms with Crippen molar-refractivity contribution in [2.75, 3.05) is 4.72 Å². The van der Waals surface area contributed by atoms with Crippen LogP contribution in [0.2, 0.25) is 0 Å². The van der Waals surface area contributed by atoms with Gasteiger partial charge >= 0.3 is 0 Å². The summed E-state index contributed by atoms with van der Waals surface area (Å²) in [5, 5.41) is 0.